The summed E-state index contributed by atoms with van der Waals surface area (Å²) in [6.45, 7) is 7.39. The summed E-state index contributed by atoms with van der Waals surface area (Å²) in [5, 5.41) is 0. The predicted molar refractivity (Wildman–Crippen MR) is 111 cm³/mol. The van der Waals surface area contributed by atoms with E-state index in [1.54, 1.807) is 0 Å². The van der Waals surface area contributed by atoms with Crippen LogP contribution in [-0.2, 0) is 14.3 Å². The number of carbonyl (C=O) groups is 2. The van der Waals surface area contributed by atoms with Crippen molar-refractivity contribution in [1.29, 1.82) is 0 Å². The number of hydrogen-bond acceptors (Lipinski definition) is 3. The van der Waals surface area contributed by atoms with Crippen molar-refractivity contribution in [2.24, 2.45) is 40.4 Å². The van der Waals surface area contributed by atoms with Gasteiger partial charge in [-0.1, -0.05) is 32.4 Å². The van der Waals surface area contributed by atoms with Crippen LogP contribution in [0.5, 0.6) is 0 Å². The summed E-state index contributed by atoms with van der Waals surface area (Å²) >= 11 is 0. The SMILES string of the molecule is COC(=O)CC[C@@H](C)C1CCC2C3CC=C4CC(=O)CCC4(C)C3CCC21C. The summed E-state index contributed by atoms with van der Waals surface area (Å²) in [4.78, 5) is 23.7. The van der Waals surface area contributed by atoms with Gasteiger partial charge in [0.2, 0.25) is 0 Å². The van der Waals surface area contributed by atoms with Crippen molar-refractivity contribution in [3.63, 3.8) is 0 Å². The van der Waals surface area contributed by atoms with Crippen LogP contribution in [0.4, 0.5) is 0 Å². The normalized spacial score (nSPS) is 43.4. The van der Waals surface area contributed by atoms with Crippen LogP contribution in [0.15, 0.2) is 11.6 Å². The minimum Gasteiger partial charge on any atom is -0.469 e. The van der Waals surface area contributed by atoms with Gasteiger partial charge in [0.05, 0.1) is 7.11 Å². The van der Waals surface area contributed by atoms with Crippen molar-refractivity contribution in [3.8, 4) is 0 Å². The molecule has 0 saturated heterocycles. The monoisotopic (exact) mass is 386 g/mol. The smallest absolute Gasteiger partial charge is 0.305 e. The molecule has 0 amide bonds. The van der Waals surface area contributed by atoms with E-state index in [0.29, 0.717) is 23.5 Å². The van der Waals surface area contributed by atoms with Crippen LogP contribution in [0.2, 0.25) is 0 Å². The molecule has 0 aromatic heterocycles. The second kappa shape index (κ2) is 7.29. The molecule has 0 aliphatic heterocycles. The highest BCUT2D eigenvalue weighted by atomic mass is 16.5. The summed E-state index contributed by atoms with van der Waals surface area (Å²) in [6.07, 6.45) is 13.0. The molecule has 0 bridgehead atoms. The number of esters is 1. The molecule has 7 atom stereocenters. The molecular weight excluding hydrogens is 348 g/mol. The van der Waals surface area contributed by atoms with E-state index in [4.69, 9.17) is 4.74 Å². The van der Waals surface area contributed by atoms with Crippen molar-refractivity contribution in [2.75, 3.05) is 7.11 Å². The number of ether oxygens (including phenoxy) is 1. The quantitative estimate of drug-likeness (QED) is 0.458. The lowest BCUT2D eigenvalue weighted by atomic mass is 9.47. The number of fused-ring (bicyclic) bond motifs is 5. The van der Waals surface area contributed by atoms with Gasteiger partial charge in [0.1, 0.15) is 5.78 Å². The van der Waals surface area contributed by atoms with Crippen LogP contribution in [-0.4, -0.2) is 18.9 Å². The zero-order valence-corrected chi connectivity index (χ0v) is 18.3. The van der Waals surface area contributed by atoms with Gasteiger partial charge in [0, 0.05) is 19.3 Å². The highest BCUT2D eigenvalue weighted by Crippen LogP contribution is 2.67. The lowest BCUT2D eigenvalue weighted by Gasteiger charge is -2.58. The van der Waals surface area contributed by atoms with Gasteiger partial charge in [-0.15, -0.1) is 0 Å². The number of ketones is 1. The zero-order valence-electron chi connectivity index (χ0n) is 18.3. The van der Waals surface area contributed by atoms with E-state index in [0.717, 1.165) is 49.4 Å². The van der Waals surface area contributed by atoms with E-state index in [1.807, 2.05) is 0 Å². The summed E-state index contributed by atoms with van der Waals surface area (Å²) < 4.78 is 4.87. The van der Waals surface area contributed by atoms with Crippen molar-refractivity contribution >= 4 is 11.8 Å². The minimum atomic E-state index is -0.0695. The average Bonchev–Trinajstić information content (AvgIpc) is 3.03. The number of carbonyl (C=O) groups excluding carboxylic acids is 2. The van der Waals surface area contributed by atoms with E-state index in [-0.39, 0.29) is 11.4 Å². The van der Waals surface area contributed by atoms with E-state index >= 15 is 0 Å². The van der Waals surface area contributed by atoms with E-state index in [9.17, 15) is 9.59 Å². The lowest BCUT2D eigenvalue weighted by Crippen LogP contribution is -2.50. The first-order valence-electron chi connectivity index (χ1n) is 11.6. The standard InChI is InChI=1S/C25H38O3/c1-16(5-10-23(27)28-4)20-8-9-21-19-7-6-17-15-18(26)11-13-24(17,2)22(19)12-14-25(20,21)3/h6,16,19-22H,5,7-15H2,1-4H3/t16-,19?,20?,21?,22?,24?,25?/m1/s1. The van der Waals surface area contributed by atoms with Crippen LogP contribution in [0.1, 0.15) is 85.0 Å². The van der Waals surface area contributed by atoms with Gasteiger partial charge in [0.15, 0.2) is 0 Å². The zero-order chi connectivity index (χ0) is 20.1. The summed E-state index contributed by atoms with van der Waals surface area (Å²) in [7, 11) is 1.49. The van der Waals surface area contributed by atoms with Crippen LogP contribution in [0.25, 0.3) is 0 Å². The fourth-order valence-corrected chi connectivity index (χ4v) is 8.10. The molecule has 0 N–H and O–H groups in total. The van der Waals surface area contributed by atoms with Crippen LogP contribution in [0, 0.1) is 40.4 Å². The minimum absolute atomic E-state index is 0.0695. The third-order valence-electron chi connectivity index (χ3n) is 9.73. The van der Waals surface area contributed by atoms with Gasteiger partial charge in [-0.05, 0) is 85.4 Å². The molecule has 3 nitrogen and oxygen atoms in total. The van der Waals surface area contributed by atoms with Crippen LogP contribution in [0.3, 0.4) is 0 Å². The largest absolute Gasteiger partial charge is 0.469 e. The Morgan fingerprint density at radius 1 is 1.21 bits per heavy atom. The molecule has 3 saturated carbocycles. The van der Waals surface area contributed by atoms with Crippen LogP contribution >= 0.6 is 0 Å². The van der Waals surface area contributed by atoms with E-state index in [1.165, 1.54) is 44.8 Å². The second-order valence-corrected chi connectivity index (χ2v) is 10.8. The third kappa shape index (κ3) is 3.08. The van der Waals surface area contributed by atoms with E-state index < -0.39 is 0 Å². The Morgan fingerprint density at radius 2 is 2.00 bits per heavy atom. The maximum atomic E-state index is 12.0. The summed E-state index contributed by atoms with van der Waals surface area (Å²) in [5.74, 6) is 4.06. The molecule has 3 fully saturated rings. The molecule has 156 valence electrons. The second-order valence-electron chi connectivity index (χ2n) is 10.8. The van der Waals surface area contributed by atoms with Crippen molar-refractivity contribution in [2.45, 2.75) is 85.0 Å². The number of hydrogen-bond donors (Lipinski definition) is 0. The van der Waals surface area contributed by atoms with Gasteiger partial charge in [-0.2, -0.15) is 0 Å². The van der Waals surface area contributed by atoms with Gasteiger partial charge in [-0.3, -0.25) is 9.59 Å². The molecule has 0 aromatic carbocycles. The number of allylic oxidation sites excluding steroid dienone is 2. The molecule has 0 heterocycles. The molecular formula is C25H38O3. The number of rotatable bonds is 4. The Labute approximate surface area is 170 Å². The molecule has 0 radical (unpaired) electrons. The van der Waals surface area contributed by atoms with Crippen LogP contribution < -0.4 is 0 Å². The van der Waals surface area contributed by atoms with E-state index in [2.05, 4.69) is 26.8 Å². The summed E-state index contributed by atoms with van der Waals surface area (Å²) in [5.41, 5.74) is 2.16. The highest BCUT2D eigenvalue weighted by Gasteiger charge is 2.59. The maximum Gasteiger partial charge on any atom is 0.305 e. The Morgan fingerprint density at radius 3 is 2.75 bits per heavy atom. The first-order valence-corrected chi connectivity index (χ1v) is 11.6. The number of methoxy groups -OCH3 is 1. The van der Waals surface area contributed by atoms with Crippen molar-refractivity contribution in [1.82, 2.24) is 0 Å². The first kappa shape index (κ1) is 20.2. The lowest BCUT2D eigenvalue weighted by molar-refractivity contribution is -0.141. The first-order chi connectivity index (χ1) is 13.3. The molecule has 0 spiro atoms. The topological polar surface area (TPSA) is 43.4 Å². The molecule has 4 aliphatic rings. The number of Topliss-reactive ketones (excluding diaryl/α,β-unsaturated/α-hetero) is 1. The summed E-state index contributed by atoms with van der Waals surface area (Å²) in [6, 6.07) is 0. The fraction of sp³-hybridized carbons (Fsp3) is 0.840. The van der Waals surface area contributed by atoms with Crippen molar-refractivity contribution in [3.05, 3.63) is 11.6 Å². The molecule has 6 unspecified atom stereocenters. The van der Waals surface area contributed by atoms with Gasteiger partial charge in [-0.25, -0.2) is 0 Å². The van der Waals surface area contributed by atoms with Gasteiger partial charge < -0.3 is 4.74 Å². The predicted octanol–water partition coefficient (Wildman–Crippen LogP) is 5.72. The average molecular weight is 387 g/mol. The van der Waals surface area contributed by atoms with Crippen molar-refractivity contribution < 1.29 is 14.3 Å². The third-order valence-corrected chi connectivity index (χ3v) is 9.73. The maximum absolute atomic E-state index is 12.0. The van der Waals surface area contributed by atoms with Gasteiger partial charge in [0.25, 0.3) is 0 Å². The Kier molecular flexibility index (Phi) is 5.25. The van der Waals surface area contributed by atoms with Gasteiger partial charge >= 0.3 is 5.97 Å². The molecule has 4 aliphatic carbocycles. The Bertz CT molecular complexity index is 679. The molecule has 28 heavy (non-hydrogen) atoms. The Balaban J connectivity index is 1.52. The molecule has 3 heteroatoms. The molecule has 0 aromatic rings. The Hall–Kier alpha value is -1.12. The fourth-order valence-electron chi connectivity index (χ4n) is 8.10. The molecule has 4 rings (SSSR count). The highest BCUT2D eigenvalue weighted by molar-refractivity contribution is 5.82.